The van der Waals surface area contributed by atoms with Crippen LogP contribution in [-0.4, -0.2) is 48.6 Å². The van der Waals surface area contributed by atoms with Crippen LogP contribution in [0.25, 0.3) is 0 Å². The fourth-order valence-corrected chi connectivity index (χ4v) is 3.27. The number of rotatable bonds is 8. The van der Waals surface area contributed by atoms with Crippen molar-refractivity contribution in [3.8, 4) is 0 Å². The molecule has 1 aliphatic heterocycles. The third-order valence-electron chi connectivity index (χ3n) is 4.27. The molecule has 25 heavy (non-hydrogen) atoms. The predicted molar refractivity (Wildman–Crippen MR) is 107 cm³/mol. The van der Waals surface area contributed by atoms with Gasteiger partial charge in [-0.25, -0.2) is 0 Å². The Balaban J connectivity index is 2.60. The molecule has 0 aromatic rings. The highest BCUT2D eigenvalue weighted by molar-refractivity contribution is 7.80. The number of ether oxygens (including phenoxy) is 1. The molecule has 1 fully saturated rings. The number of nitrogens with one attached hydrogen (secondary N) is 2. The SMILES string of the molecule is C=C(N[C@H]1CCCN(C(=O)C(C)(C)COC)C1)C(=S)N/C(C)=C/CC. The summed E-state index contributed by atoms with van der Waals surface area (Å²) in [5, 5.41) is 6.56. The second kappa shape index (κ2) is 9.92. The molecule has 1 saturated heterocycles. The van der Waals surface area contributed by atoms with E-state index in [-0.39, 0.29) is 11.9 Å². The minimum absolute atomic E-state index is 0.133. The van der Waals surface area contributed by atoms with Gasteiger partial charge in [0.05, 0.1) is 17.7 Å². The molecule has 1 aliphatic rings. The van der Waals surface area contributed by atoms with Gasteiger partial charge >= 0.3 is 0 Å². The molecule has 0 aromatic carbocycles. The molecule has 0 radical (unpaired) electrons. The summed E-state index contributed by atoms with van der Waals surface area (Å²) >= 11 is 5.40. The maximum Gasteiger partial charge on any atom is 0.230 e. The first kappa shape index (κ1) is 21.6. The van der Waals surface area contributed by atoms with E-state index in [0.717, 1.165) is 31.5 Å². The Kier molecular flexibility index (Phi) is 8.59. The fraction of sp³-hybridized carbons (Fsp3) is 0.684. The highest BCUT2D eigenvalue weighted by atomic mass is 32.1. The topological polar surface area (TPSA) is 53.6 Å². The van der Waals surface area contributed by atoms with E-state index in [1.165, 1.54) is 0 Å². The molecule has 0 aliphatic carbocycles. The number of carbonyl (C=O) groups is 1. The second-order valence-electron chi connectivity index (χ2n) is 7.28. The summed E-state index contributed by atoms with van der Waals surface area (Å²) in [6.45, 7) is 13.8. The Labute approximate surface area is 157 Å². The van der Waals surface area contributed by atoms with E-state index < -0.39 is 5.41 Å². The van der Waals surface area contributed by atoms with Gasteiger partial charge in [0, 0.05) is 31.9 Å². The van der Waals surface area contributed by atoms with Gasteiger partial charge < -0.3 is 20.3 Å². The Hall–Kier alpha value is -1.40. The molecule has 0 unspecified atom stereocenters. The molecule has 1 amide bonds. The van der Waals surface area contributed by atoms with E-state index in [1.807, 2.05) is 25.7 Å². The summed E-state index contributed by atoms with van der Waals surface area (Å²) in [5.41, 5.74) is 1.22. The standard InChI is InChI=1S/C19H33N3O2S/c1-7-9-14(2)20-17(25)15(3)21-16-10-8-11-22(12-16)18(23)19(4,5)13-24-6/h9,16,21H,3,7-8,10-13H2,1-2,4-6H3,(H,20,25)/b14-9+/t16-/m0/s1. The van der Waals surface area contributed by atoms with Crippen molar-refractivity contribution in [2.75, 3.05) is 26.8 Å². The monoisotopic (exact) mass is 367 g/mol. The zero-order chi connectivity index (χ0) is 19.0. The van der Waals surface area contributed by atoms with Crippen LogP contribution in [0, 0.1) is 5.41 Å². The molecular weight excluding hydrogens is 334 g/mol. The van der Waals surface area contributed by atoms with Crippen LogP contribution >= 0.6 is 12.2 Å². The lowest BCUT2D eigenvalue weighted by Crippen LogP contribution is -2.52. The molecule has 0 bridgehead atoms. The number of piperidine rings is 1. The Morgan fingerprint density at radius 1 is 1.48 bits per heavy atom. The first-order chi connectivity index (χ1) is 11.7. The summed E-state index contributed by atoms with van der Waals surface area (Å²) in [4.78, 5) is 15.3. The lowest BCUT2D eigenvalue weighted by atomic mass is 9.91. The lowest BCUT2D eigenvalue weighted by molar-refractivity contribution is -0.144. The molecule has 2 N–H and O–H groups in total. The van der Waals surface area contributed by atoms with Gasteiger partial charge in [0.15, 0.2) is 0 Å². The Bertz CT molecular complexity index is 529. The van der Waals surface area contributed by atoms with Crippen molar-refractivity contribution in [1.82, 2.24) is 15.5 Å². The van der Waals surface area contributed by atoms with Gasteiger partial charge in [0.1, 0.15) is 4.99 Å². The van der Waals surface area contributed by atoms with Gasteiger partial charge in [0.25, 0.3) is 0 Å². The van der Waals surface area contributed by atoms with E-state index in [0.29, 0.717) is 23.8 Å². The molecule has 6 heteroatoms. The Morgan fingerprint density at radius 3 is 2.76 bits per heavy atom. The molecule has 0 aromatic heterocycles. The number of carbonyl (C=O) groups excluding carboxylic acids is 1. The number of nitrogens with zero attached hydrogens (tertiary/aromatic N) is 1. The van der Waals surface area contributed by atoms with Gasteiger partial charge in [0.2, 0.25) is 5.91 Å². The molecular formula is C19H33N3O2S. The van der Waals surface area contributed by atoms with Crippen molar-refractivity contribution in [3.05, 3.63) is 24.0 Å². The van der Waals surface area contributed by atoms with Crippen molar-refractivity contribution in [3.63, 3.8) is 0 Å². The lowest BCUT2D eigenvalue weighted by Gasteiger charge is -2.38. The minimum Gasteiger partial charge on any atom is -0.384 e. The number of hydrogen-bond acceptors (Lipinski definition) is 4. The van der Waals surface area contributed by atoms with Crippen LogP contribution in [0.1, 0.15) is 47.0 Å². The molecule has 5 nitrogen and oxygen atoms in total. The number of amides is 1. The quantitative estimate of drug-likeness (QED) is 0.510. The van der Waals surface area contributed by atoms with Crippen molar-refractivity contribution in [2.45, 2.75) is 53.0 Å². The highest BCUT2D eigenvalue weighted by Crippen LogP contribution is 2.22. The summed E-state index contributed by atoms with van der Waals surface area (Å²) in [7, 11) is 1.63. The zero-order valence-electron chi connectivity index (χ0n) is 16.3. The number of likely N-dealkylation sites (tertiary alicyclic amines) is 1. The van der Waals surface area contributed by atoms with Gasteiger partial charge in [-0.15, -0.1) is 0 Å². The first-order valence-electron chi connectivity index (χ1n) is 8.93. The average molecular weight is 368 g/mol. The highest BCUT2D eigenvalue weighted by Gasteiger charge is 2.34. The maximum atomic E-state index is 12.7. The summed E-state index contributed by atoms with van der Waals surface area (Å²) in [6.07, 6.45) is 5.01. The van der Waals surface area contributed by atoms with Crippen LogP contribution in [0.15, 0.2) is 24.0 Å². The summed E-state index contributed by atoms with van der Waals surface area (Å²) < 4.78 is 5.19. The molecule has 1 atom stereocenters. The normalized spacial score (nSPS) is 18.7. The van der Waals surface area contributed by atoms with Crippen LogP contribution in [-0.2, 0) is 9.53 Å². The molecule has 0 spiro atoms. The van der Waals surface area contributed by atoms with E-state index >= 15 is 0 Å². The molecule has 1 rings (SSSR count). The number of methoxy groups -OCH3 is 1. The molecule has 1 heterocycles. The minimum atomic E-state index is -0.507. The molecule has 142 valence electrons. The number of allylic oxidation sites excluding steroid dienone is 2. The van der Waals surface area contributed by atoms with Crippen LogP contribution < -0.4 is 10.6 Å². The van der Waals surface area contributed by atoms with Crippen LogP contribution in [0.4, 0.5) is 0 Å². The number of hydrogen-bond donors (Lipinski definition) is 2. The van der Waals surface area contributed by atoms with Crippen LogP contribution in [0.5, 0.6) is 0 Å². The van der Waals surface area contributed by atoms with E-state index in [9.17, 15) is 4.79 Å². The van der Waals surface area contributed by atoms with Crippen molar-refractivity contribution < 1.29 is 9.53 Å². The van der Waals surface area contributed by atoms with Crippen molar-refractivity contribution in [1.29, 1.82) is 0 Å². The van der Waals surface area contributed by atoms with Crippen LogP contribution in [0.3, 0.4) is 0 Å². The fourth-order valence-electron chi connectivity index (χ4n) is 3.05. The van der Waals surface area contributed by atoms with E-state index in [2.05, 4.69) is 30.2 Å². The average Bonchev–Trinajstić information content (AvgIpc) is 2.54. The second-order valence-corrected chi connectivity index (χ2v) is 7.69. The third kappa shape index (κ3) is 6.78. The maximum absolute atomic E-state index is 12.7. The van der Waals surface area contributed by atoms with Crippen LogP contribution in [0.2, 0.25) is 0 Å². The summed E-state index contributed by atoms with van der Waals surface area (Å²) in [5.74, 6) is 0.133. The summed E-state index contributed by atoms with van der Waals surface area (Å²) in [6, 6.07) is 0.166. The largest absolute Gasteiger partial charge is 0.384 e. The van der Waals surface area contributed by atoms with Crippen molar-refractivity contribution in [2.24, 2.45) is 5.41 Å². The first-order valence-corrected chi connectivity index (χ1v) is 9.34. The number of thiocarbonyl (C=S) groups is 1. The van der Waals surface area contributed by atoms with Crippen molar-refractivity contribution >= 4 is 23.1 Å². The van der Waals surface area contributed by atoms with Gasteiger partial charge in [-0.2, -0.15) is 0 Å². The Morgan fingerprint density at radius 2 is 2.16 bits per heavy atom. The van der Waals surface area contributed by atoms with Gasteiger partial charge in [-0.3, -0.25) is 4.79 Å². The predicted octanol–water partition coefficient (Wildman–Crippen LogP) is 2.98. The zero-order valence-corrected chi connectivity index (χ0v) is 17.1. The third-order valence-corrected chi connectivity index (χ3v) is 4.61. The van der Waals surface area contributed by atoms with Gasteiger partial charge in [-0.05, 0) is 40.0 Å². The van der Waals surface area contributed by atoms with E-state index in [1.54, 1.807) is 7.11 Å². The molecule has 0 saturated carbocycles. The van der Waals surface area contributed by atoms with E-state index in [4.69, 9.17) is 17.0 Å². The smallest absolute Gasteiger partial charge is 0.230 e. The van der Waals surface area contributed by atoms with Gasteiger partial charge in [-0.1, -0.05) is 31.8 Å².